The maximum absolute atomic E-state index is 11.0. The zero-order valence-electron chi connectivity index (χ0n) is 8.98. The highest BCUT2D eigenvalue weighted by Crippen LogP contribution is 2.32. The molecule has 0 unspecified atom stereocenters. The first-order valence-corrected chi connectivity index (χ1v) is 5.12. The van der Waals surface area contributed by atoms with Crippen molar-refractivity contribution in [1.29, 1.82) is 0 Å². The average molecular weight is 267 g/mol. The number of aliphatic hydroxyl groups is 1. The van der Waals surface area contributed by atoms with E-state index in [0.29, 0.717) is 6.04 Å². The van der Waals surface area contributed by atoms with Crippen LogP contribution in [0.4, 0.5) is 26.3 Å². The van der Waals surface area contributed by atoms with Gasteiger partial charge < -0.3 is 10.8 Å². The zero-order valence-corrected chi connectivity index (χ0v) is 8.98. The fourth-order valence-corrected chi connectivity index (χ4v) is 1.32. The average Bonchev–Trinajstić information content (AvgIpc) is 2.16. The van der Waals surface area contributed by atoms with Crippen molar-refractivity contribution >= 4 is 0 Å². The van der Waals surface area contributed by atoms with Gasteiger partial charge in [-0.25, -0.2) is 0 Å². The van der Waals surface area contributed by atoms with Gasteiger partial charge in [-0.2, -0.15) is 26.3 Å². The maximum Gasteiger partial charge on any atom is 0.423 e. The lowest BCUT2D eigenvalue weighted by Crippen LogP contribution is -2.41. The minimum absolute atomic E-state index is 0.536. The fraction of sp³-hybridized carbons (Fsp3) is 1.00. The van der Waals surface area contributed by atoms with E-state index in [1.165, 1.54) is 32.1 Å². The molecule has 1 aliphatic carbocycles. The van der Waals surface area contributed by atoms with E-state index in [1.54, 1.807) is 0 Å². The molecule has 0 aliphatic heterocycles. The van der Waals surface area contributed by atoms with Crippen LogP contribution in [0.15, 0.2) is 0 Å². The molecule has 0 spiro atoms. The minimum atomic E-state index is -5.63. The van der Waals surface area contributed by atoms with Gasteiger partial charge in [-0.3, -0.25) is 0 Å². The highest BCUT2D eigenvalue weighted by molar-refractivity contribution is 4.72. The molecule has 17 heavy (non-hydrogen) atoms. The van der Waals surface area contributed by atoms with Gasteiger partial charge in [-0.15, -0.1) is 0 Å². The molecular weight excluding hydrogens is 252 g/mol. The maximum atomic E-state index is 11.0. The Hall–Kier alpha value is -0.500. The van der Waals surface area contributed by atoms with Crippen LogP contribution in [0.3, 0.4) is 0 Å². The number of hydrogen-bond donors (Lipinski definition) is 2. The second kappa shape index (κ2) is 6.44. The number of nitrogens with two attached hydrogens (primary N) is 1. The lowest BCUT2D eigenvalue weighted by Gasteiger charge is -2.16. The summed E-state index contributed by atoms with van der Waals surface area (Å²) in [6, 6.07) is 0.536. The molecule has 0 radical (unpaired) electrons. The Kier molecular flexibility index (Phi) is 6.25. The van der Waals surface area contributed by atoms with Gasteiger partial charge >= 0.3 is 12.4 Å². The molecule has 1 saturated carbocycles. The van der Waals surface area contributed by atoms with Gasteiger partial charge in [-0.1, -0.05) is 19.3 Å². The predicted octanol–water partition coefficient (Wildman–Crippen LogP) is 2.75. The van der Waals surface area contributed by atoms with Gasteiger partial charge in [0.2, 0.25) is 6.10 Å². The van der Waals surface area contributed by atoms with Crippen LogP contribution in [0, 0.1) is 0 Å². The molecule has 0 saturated heterocycles. The fourth-order valence-electron chi connectivity index (χ4n) is 1.32. The van der Waals surface area contributed by atoms with Crippen LogP contribution >= 0.6 is 0 Å². The van der Waals surface area contributed by atoms with Crippen LogP contribution in [0.5, 0.6) is 0 Å². The summed E-state index contributed by atoms with van der Waals surface area (Å²) in [5, 5.41) is 7.47. The van der Waals surface area contributed by atoms with Gasteiger partial charge in [0.15, 0.2) is 0 Å². The largest absolute Gasteiger partial charge is 0.423 e. The van der Waals surface area contributed by atoms with Crippen molar-refractivity contribution in [2.24, 2.45) is 5.73 Å². The van der Waals surface area contributed by atoms with Crippen LogP contribution in [0.25, 0.3) is 0 Å². The molecule has 1 aliphatic rings. The predicted molar refractivity (Wildman–Crippen MR) is 49.2 cm³/mol. The highest BCUT2D eigenvalue weighted by Gasteiger charge is 2.55. The lowest BCUT2D eigenvalue weighted by atomic mass is 9.97. The summed E-state index contributed by atoms with van der Waals surface area (Å²) in [7, 11) is 0. The van der Waals surface area contributed by atoms with E-state index in [1.807, 2.05) is 0 Å². The van der Waals surface area contributed by atoms with Gasteiger partial charge in [0.25, 0.3) is 0 Å². The third-order valence-electron chi connectivity index (χ3n) is 2.27. The topological polar surface area (TPSA) is 46.2 Å². The van der Waals surface area contributed by atoms with Crippen LogP contribution in [0.1, 0.15) is 32.1 Å². The molecular formula is C9H15F6NO. The first-order valence-electron chi connectivity index (χ1n) is 5.12. The van der Waals surface area contributed by atoms with Crippen molar-refractivity contribution in [2.45, 2.75) is 56.6 Å². The van der Waals surface area contributed by atoms with E-state index in [9.17, 15) is 26.3 Å². The second-order valence-corrected chi connectivity index (χ2v) is 3.88. The van der Waals surface area contributed by atoms with Gasteiger partial charge in [0.05, 0.1) is 0 Å². The molecule has 0 aromatic heterocycles. The van der Waals surface area contributed by atoms with Gasteiger partial charge in [-0.05, 0) is 12.8 Å². The van der Waals surface area contributed by atoms with E-state index in [-0.39, 0.29) is 0 Å². The van der Waals surface area contributed by atoms with Crippen LogP contribution in [0.2, 0.25) is 0 Å². The molecule has 0 amide bonds. The van der Waals surface area contributed by atoms with Crippen molar-refractivity contribution in [3.05, 3.63) is 0 Å². The van der Waals surface area contributed by atoms with E-state index in [0.717, 1.165) is 0 Å². The Morgan fingerprint density at radius 3 is 1.35 bits per heavy atom. The van der Waals surface area contributed by atoms with Gasteiger partial charge in [0, 0.05) is 6.04 Å². The molecule has 0 aromatic carbocycles. The Bertz CT molecular complexity index is 195. The Labute approximate surface area is 94.8 Å². The summed E-state index contributed by atoms with van der Waals surface area (Å²) in [6.07, 6.45) is -8.83. The molecule has 0 aromatic rings. The Balaban J connectivity index is 0.000000318. The normalized spacial score (nSPS) is 18.9. The molecule has 1 fully saturated rings. The lowest BCUT2D eigenvalue weighted by molar-refractivity contribution is -0.308. The van der Waals surface area contributed by atoms with Crippen LogP contribution in [-0.4, -0.2) is 29.6 Å². The van der Waals surface area contributed by atoms with Crippen molar-refractivity contribution in [3.8, 4) is 0 Å². The molecule has 0 bridgehead atoms. The van der Waals surface area contributed by atoms with Crippen molar-refractivity contribution < 1.29 is 31.4 Å². The number of aliphatic hydroxyl groups excluding tert-OH is 1. The van der Waals surface area contributed by atoms with E-state index >= 15 is 0 Å². The Morgan fingerprint density at radius 2 is 1.24 bits per heavy atom. The molecule has 0 atom stereocenters. The van der Waals surface area contributed by atoms with Crippen molar-refractivity contribution in [1.82, 2.24) is 0 Å². The first kappa shape index (κ1) is 16.5. The quantitative estimate of drug-likeness (QED) is 0.663. The van der Waals surface area contributed by atoms with Crippen LogP contribution < -0.4 is 5.73 Å². The first-order chi connectivity index (χ1) is 7.55. The highest BCUT2D eigenvalue weighted by atomic mass is 19.4. The van der Waals surface area contributed by atoms with Crippen LogP contribution in [-0.2, 0) is 0 Å². The van der Waals surface area contributed by atoms with E-state index < -0.39 is 18.5 Å². The molecule has 2 nitrogen and oxygen atoms in total. The van der Waals surface area contributed by atoms with E-state index in [4.69, 9.17) is 10.8 Å². The molecule has 104 valence electrons. The van der Waals surface area contributed by atoms with Gasteiger partial charge in [0.1, 0.15) is 0 Å². The summed E-state index contributed by atoms with van der Waals surface area (Å²) < 4.78 is 65.9. The number of alkyl halides is 6. The smallest absolute Gasteiger partial charge is 0.377 e. The molecule has 0 heterocycles. The summed E-state index contributed by atoms with van der Waals surface area (Å²) in [4.78, 5) is 0. The zero-order chi connectivity index (χ0) is 13.7. The standard InChI is InChI=1S/C6H13N.C3H2F6O/c7-6-4-2-1-3-5-6;4-2(5,6)1(10)3(7,8)9/h6H,1-5,7H2;1,10H. The third-order valence-corrected chi connectivity index (χ3v) is 2.27. The molecule has 1 rings (SSSR count). The molecule has 8 heteroatoms. The summed E-state index contributed by atoms with van der Waals surface area (Å²) in [6.45, 7) is 0. The monoisotopic (exact) mass is 267 g/mol. The SMILES string of the molecule is NC1CCCCC1.OC(C(F)(F)F)C(F)(F)F. The number of hydrogen-bond acceptors (Lipinski definition) is 2. The number of rotatable bonds is 0. The minimum Gasteiger partial charge on any atom is -0.377 e. The summed E-state index contributed by atoms with van der Waals surface area (Å²) >= 11 is 0. The second-order valence-electron chi connectivity index (χ2n) is 3.88. The summed E-state index contributed by atoms with van der Waals surface area (Å²) in [5.74, 6) is 0. The Morgan fingerprint density at radius 1 is 0.882 bits per heavy atom. The van der Waals surface area contributed by atoms with Crippen molar-refractivity contribution in [3.63, 3.8) is 0 Å². The number of halogens is 6. The molecule has 3 N–H and O–H groups in total. The summed E-state index contributed by atoms with van der Waals surface area (Å²) in [5.41, 5.74) is 5.63. The third kappa shape index (κ3) is 7.43. The van der Waals surface area contributed by atoms with Crippen molar-refractivity contribution in [2.75, 3.05) is 0 Å². The van der Waals surface area contributed by atoms with E-state index in [2.05, 4.69) is 0 Å².